The summed E-state index contributed by atoms with van der Waals surface area (Å²) in [6, 6.07) is 18.2. The van der Waals surface area contributed by atoms with Gasteiger partial charge in [-0.3, -0.25) is 4.79 Å². The van der Waals surface area contributed by atoms with Crippen LogP contribution in [0.4, 0.5) is 0 Å². The average molecular weight is 260 g/mol. The molecular formula is C17H12N2O. The summed E-state index contributed by atoms with van der Waals surface area (Å²) >= 11 is 0. The van der Waals surface area contributed by atoms with E-state index in [1.54, 1.807) is 0 Å². The normalized spacial score (nSPS) is 10.2. The fraction of sp³-hybridized carbons (Fsp3) is 0. The van der Waals surface area contributed by atoms with E-state index in [4.69, 9.17) is 0 Å². The SMILES string of the molecule is O=Cc1cnc(-c2ccc(-c3ccccc3)cc2)nc1. The monoisotopic (exact) mass is 260 g/mol. The van der Waals surface area contributed by atoms with Crippen LogP contribution < -0.4 is 0 Å². The van der Waals surface area contributed by atoms with Crippen LogP contribution in [0, 0.1) is 0 Å². The predicted molar refractivity (Wildman–Crippen MR) is 78.3 cm³/mol. The van der Waals surface area contributed by atoms with Crippen molar-refractivity contribution in [2.24, 2.45) is 0 Å². The Morgan fingerprint density at radius 1 is 0.700 bits per heavy atom. The van der Waals surface area contributed by atoms with Gasteiger partial charge in [0.05, 0.1) is 5.56 Å². The average Bonchev–Trinajstić information content (AvgIpc) is 2.56. The third kappa shape index (κ3) is 2.47. The summed E-state index contributed by atoms with van der Waals surface area (Å²) in [6.07, 6.45) is 3.79. The van der Waals surface area contributed by atoms with Crippen molar-refractivity contribution in [3.63, 3.8) is 0 Å². The molecule has 0 aliphatic carbocycles. The molecule has 0 N–H and O–H groups in total. The second kappa shape index (κ2) is 5.45. The summed E-state index contributed by atoms with van der Waals surface area (Å²) in [5.74, 6) is 0.621. The van der Waals surface area contributed by atoms with Gasteiger partial charge < -0.3 is 0 Å². The Morgan fingerprint density at radius 2 is 1.25 bits per heavy atom. The third-order valence-electron chi connectivity index (χ3n) is 3.06. The Kier molecular flexibility index (Phi) is 3.33. The van der Waals surface area contributed by atoms with Crippen molar-refractivity contribution in [1.29, 1.82) is 0 Å². The number of benzene rings is 2. The molecule has 20 heavy (non-hydrogen) atoms. The standard InChI is InChI=1S/C17H12N2O/c20-12-13-10-18-17(19-11-13)16-8-6-15(7-9-16)14-4-2-1-3-5-14/h1-12H. The minimum Gasteiger partial charge on any atom is -0.298 e. The lowest BCUT2D eigenvalue weighted by Gasteiger charge is -2.03. The van der Waals surface area contributed by atoms with E-state index >= 15 is 0 Å². The molecule has 0 fully saturated rings. The van der Waals surface area contributed by atoms with Crippen LogP contribution in [0.15, 0.2) is 67.0 Å². The van der Waals surface area contributed by atoms with E-state index in [9.17, 15) is 4.79 Å². The molecule has 3 heteroatoms. The predicted octanol–water partition coefficient (Wildman–Crippen LogP) is 3.62. The lowest BCUT2D eigenvalue weighted by molar-refractivity contribution is 0.112. The summed E-state index contributed by atoms with van der Waals surface area (Å²) in [6.45, 7) is 0. The quantitative estimate of drug-likeness (QED) is 0.675. The number of hydrogen-bond acceptors (Lipinski definition) is 3. The number of hydrogen-bond donors (Lipinski definition) is 0. The molecule has 0 aliphatic heterocycles. The smallest absolute Gasteiger partial charge is 0.159 e. The molecule has 1 aromatic heterocycles. The Labute approximate surface area is 117 Å². The van der Waals surface area contributed by atoms with Crippen LogP contribution in [0.25, 0.3) is 22.5 Å². The summed E-state index contributed by atoms with van der Waals surface area (Å²) in [4.78, 5) is 18.9. The summed E-state index contributed by atoms with van der Waals surface area (Å²) in [7, 11) is 0. The van der Waals surface area contributed by atoms with Gasteiger partial charge in [-0.1, -0.05) is 54.6 Å². The van der Waals surface area contributed by atoms with Gasteiger partial charge in [-0.15, -0.1) is 0 Å². The highest BCUT2D eigenvalue weighted by molar-refractivity contribution is 5.74. The Bertz CT molecular complexity index is 704. The van der Waals surface area contributed by atoms with Gasteiger partial charge in [-0.05, 0) is 11.1 Å². The van der Waals surface area contributed by atoms with Crippen LogP contribution in [-0.4, -0.2) is 16.3 Å². The topological polar surface area (TPSA) is 42.9 Å². The maximum Gasteiger partial charge on any atom is 0.159 e. The first-order chi connectivity index (χ1) is 9.86. The fourth-order valence-corrected chi connectivity index (χ4v) is 1.99. The fourth-order valence-electron chi connectivity index (χ4n) is 1.99. The summed E-state index contributed by atoms with van der Waals surface area (Å²) in [5.41, 5.74) is 3.74. The van der Waals surface area contributed by atoms with Gasteiger partial charge in [0, 0.05) is 18.0 Å². The molecule has 2 aromatic carbocycles. The third-order valence-corrected chi connectivity index (χ3v) is 3.06. The number of rotatable bonds is 3. The van der Waals surface area contributed by atoms with Crippen LogP contribution in [0.2, 0.25) is 0 Å². The van der Waals surface area contributed by atoms with Gasteiger partial charge in [0.25, 0.3) is 0 Å². The highest BCUT2D eigenvalue weighted by Crippen LogP contribution is 2.22. The van der Waals surface area contributed by atoms with E-state index in [1.807, 2.05) is 42.5 Å². The molecule has 0 amide bonds. The number of carbonyl (C=O) groups is 1. The largest absolute Gasteiger partial charge is 0.298 e. The van der Waals surface area contributed by atoms with E-state index < -0.39 is 0 Å². The first kappa shape index (κ1) is 12.2. The van der Waals surface area contributed by atoms with Crippen molar-refractivity contribution >= 4 is 6.29 Å². The second-order valence-electron chi connectivity index (χ2n) is 4.40. The first-order valence-corrected chi connectivity index (χ1v) is 6.30. The molecule has 0 radical (unpaired) electrons. The molecular weight excluding hydrogens is 248 g/mol. The molecule has 0 spiro atoms. The lowest BCUT2D eigenvalue weighted by atomic mass is 10.0. The molecule has 0 saturated carbocycles. The maximum absolute atomic E-state index is 10.6. The Balaban J connectivity index is 1.91. The van der Waals surface area contributed by atoms with E-state index in [-0.39, 0.29) is 0 Å². The van der Waals surface area contributed by atoms with Gasteiger partial charge in [0.1, 0.15) is 0 Å². The second-order valence-corrected chi connectivity index (χ2v) is 4.40. The van der Waals surface area contributed by atoms with Crippen molar-refractivity contribution in [3.8, 4) is 22.5 Å². The zero-order valence-corrected chi connectivity index (χ0v) is 10.7. The van der Waals surface area contributed by atoms with Crippen LogP contribution in [0.5, 0.6) is 0 Å². The first-order valence-electron chi connectivity index (χ1n) is 6.30. The zero-order valence-electron chi connectivity index (χ0n) is 10.7. The number of nitrogens with zero attached hydrogens (tertiary/aromatic N) is 2. The molecule has 0 unspecified atom stereocenters. The minimum atomic E-state index is 0.481. The van der Waals surface area contributed by atoms with Crippen LogP contribution >= 0.6 is 0 Å². The number of aromatic nitrogens is 2. The Morgan fingerprint density at radius 3 is 1.85 bits per heavy atom. The maximum atomic E-state index is 10.6. The zero-order chi connectivity index (χ0) is 13.8. The molecule has 96 valence electrons. The summed E-state index contributed by atoms with van der Waals surface area (Å²) in [5, 5.41) is 0. The van der Waals surface area contributed by atoms with Crippen molar-refractivity contribution in [2.45, 2.75) is 0 Å². The Hall–Kier alpha value is -2.81. The van der Waals surface area contributed by atoms with Gasteiger partial charge in [-0.25, -0.2) is 9.97 Å². The van der Waals surface area contributed by atoms with E-state index in [0.717, 1.165) is 17.4 Å². The molecule has 0 atom stereocenters. The van der Waals surface area contributed by atoms with Crippen LogP contribution in [0.3, 0.4) is 0 Å². The van der Waals surface area contributed by atoms with E-state index in [1.165, 1.54) is 18.0 Å². The van der Waals surface area contributed by atoms with E-state index in [2.05, 4.69) is 22.1 Å². The molecule has 3 rings (SSSR count). The van der Waals surface area contributed by atoms with Crippen LogP contribution in [-0.2, 0) is 0 Å². The highest BCUT2D eigenvalue weighted by atomic mass is 16.1. The molecule has 3 aromatic rings. The summed E-state index contributed by atoms with van der Waals surface area (Å²) < 4.78 is 0. The molecule has 0 bridgehead atoms. The van der Waals surface area contributed by atoms with Gasteiger partial charge in [0.2, 0.25) is 0 Å². The van der Waals surface area contributed by atoms with E-state index in [0.29, 0.717) is 11.4 Å². The van der Waals surface area contributed by atoms with Crippen LogP contribution in [0.1, 0.15) is 10.4 Å². The van der Waals surface area contributed by atoms with Crippen molar-refractivity contribution in [2.75, 3.05) is 0 Å². The molecule has 0 aliphatic rings. The number of carbonyl (C=O) groups excluding carboxylic acids is 1. The van der Waals surface area contributed by atoms with Gasteiger partial charge in [-0.2, -0.15) is 0 Å². The van der Waals surface area contributed by atoms with Crippen molar-refractivity contribution in [3.05, 3.63) is 72.6 Å². The van der Waals surface area contributed by atoms with Gasteiger partial charge >= 0.3 is 0 Å². The van der Waals surface area contributed by atoms with Gasteiger partial charge in [0.15, 0.2) is 12.1 Å². The number of aldehydes is 1. The molecule has 3 nitrogen and oxygen atoms in total. The molecule has 1 heterocycles. The molecule has 0 saturated heterocycles. The van der Waals surface area contributed by atoms with Crippen molar-refractivity contribution in [1.82, 2.24) is 9.97 Å². The van der Waals surface area contributed by atoms with Crippen molar-refractivity contribution < 1.29 is 4.79 Å². The minimum absolute atomic E-state index is 0.481. The lowest BCUT2D eigenvalue weighted by Crippen LogP contribution is -1.91. The highest BCUT2D eigenvalue weighted by Gasteiger charge is 2.02.